The van der Waals surface area contributed by atoms with Gasteiger partial charge in [0.2, 0.25) is 0 Å². The molecule has 0 amide bonds. The van der Waals surface area contributed by atoms with Crippen LogP contribution >= 0.6 is 0 Å². The van der Waals surface area contributed by atoms with Crippen molar-refractivity contribution in [1.29, 1.82) is 0 Å². The monoisotopic (exact) mass is 1670 g/mol. The van der Waals surface area contributed by atoms with E-state index in [1.807, 2.05) is 0 Å². The summed E-state index contributed by atoms with van der Waals surface area (Å²) >= 11 is 0. The van der Waals surface area contributed by atoms with Gasteiger partial charge >= 0.3 is 0 Å². The fraction of sp³-hybridized carbons (Fsp3) is 0.931. The van der Waals surface area contributed by atoms with Crippen LogP contribution in [0, 0.1) is 0 Å². The zero-order chi connectivity index (χ0) is 87.4. The molecule has 704 valence electrons. The van der Waals surface area contributed by atoms with E-state index in [1.54, 1.807) is 0 Å². The van der Waals surface area contributed by atoms with Gasteiger partial charge in [-0.15, -0.1) is 39.5 Å². The summed E-state index contributed by atoms with van der Waals surface area (Å²) in [4.78, 5) is 36.8. The molecule has 0 rings (SSSR count). The lowest BCUT2D eigenvalue weighted by atomic mass is 10.2. The van der Waals surface area contributed by atoms with E-state index in [-0.39, 0.29) is 0 Å². The molecule has 0 spiro atoms. The molecule has 0 unspecified atom stereocenters. The van der Waals surface area contributed by atoms with Gasteiger partial charge in [-0.25, -0.2) is 0 Å². The van der Waals surface area contributed by atoms with Crippen molar-refractivity contribution in [3.05, 3.63) is 39.5 Å². The topological polar surface area (TPSA) is 462 Å². The van der Waals surface area contributed by atoms with E-state index < -0.39 is 0 Å². The molecular weight excluding hydrogens is 1470 g/mol. The average molecular weight is 1670 g/mol. The van der Waals surface area contributed by atoms with Gasteiger partial charge in [0.15, 0.2) is 0 Å². The van der Waals surface area contributed by atoms with Crippen LogP contribution in [0.25, 0.3) is 0 Å². The minimum Gasteiger partial charge on any atom is -0.330 e. The Morgan fingerprint density at radius 3 is 0.222 bits per heavy atom. The van der Waals surface area contributed by atoms with Crippen molar-refractivity contribution in [2.75, 3.05) is 360 Å². The Hall–Kier alpha value is -1.98. The highest BCUT2D eigenvalue weighted by Crippen LogP contribution is 2.12. The number of nitrogens with zero attached hydrogens (tertiary/aromatic N) is 14. The first-order valence-corrected chi connectivity index (χ1v) is 47.3. The molecule has 0 bridgehead atoms. The van der Waals surface area contributed by atoms with Crippen LogP contribution in [0.1, 0.15) is 167 Å². The third-order valence-electron chi connectivity index (χ3n) is 21.9. The minimum absolute atomic E-state index is 0.560. The van der Waals surface area contributed by atoms with E-state index >= 15 is 0 Å². The zero-order valence-corrected chi connectivity index (χ0v) is 77.0. The molecule has 117 heavy (non-hydrogen) atoms. The van der Waals surface area contributed by atoms with Crippen LogP contribution in [0.15, 0.2) is 39.5 Å². The Kier molecular flexibility index (Phi) is 103. The lowest BCUT2D eigenvalue weighted by Gasteiger charge is -2.31. The molecular formula is C87H206N30. The van der Waals surface area contributed by atoms with Gasteiger partial charge in [0.25, 0.3) is 0 Å². The molecule has 0 aromatic rings. The summed E-state index contributed by atoms with van der Waals surface area (Å²) in [6.07, 6.45) is 27.5. The van der Waals surface area contributed by atoms with Gasteiger partial charge < -0.3 is 146 Å². The first kappa shape index (κ1) is 121. The van der Waals surface area contributed by atoms with Gasteiger partial charge in [-0.2, -0.15) is 0 Å². The van der Waals surface area contributed by atoms with Crippen molar-refractivity contribution in [3.8, 4) is 0 Å². The summed E-state index contributed by atoms with van der Waals surface area (Å²) in [5, 5.41) is 0. The third-order valence-corrected chi connectivity index (χ3v) is 21.9. The molecule has 0 heterocycles. The van der Waals surface area contributed by atoms with Crippen molar-refractivity contribution < 1.29 is 0 Å². The van der Waals surface area contributed by atoms with E-state index in [9.17, 15) is 0 Å². The molecule has 30 heteroatoms. The summed E-state index contributed by atoms with van der Waals surface area (Å²) in [5.41, 5.74) is 97.5. The second-order valence-electron chi connectivity index (χ2n) is 31.6. The number of nitrogens with two attached hydrogens (primary N) is 16. The van der Waals surface area contributed by atoms with Crippen molar-refractivity contribution in [2.24, 2.45) is 91.7 Å². The Labute approximate surface area is 723 Å². The third kappa shape index (κ3) is 79.7. The van der Waals surface area contributed by atoms with Crippen LogP contribution < -0.4 is 91.7 Å². The van der Waals surface area contributed by atoms with Crippen LogP contribution in [0.5, 0.6) is 0 Å². The summed E-state index contributed by atoms with van der Waals surface area (Å²) in [7, 11) is 0. The lowest BCUT2D eigenvalue weighted by Crippen LogP contribution is -2.39. The van der Waals surface area contributed by atoms with Crippen LogP contribution in [-0.4, -0.2) is 429 Å². The molecule has 0 aromatic carbocycles. The smallest absolute Gasteiger partial charge is 0.0455 e. The molecule has 0 radical (unpaired) electrons. The van der Waals surface area contributed by atoms with Crippen LogP contribution in [-0.2, 0) is 0 Å². The lowest BCUT2D eigenvalue weighted by molar-refractivity contribution is 0.168. The molecule has 32 N–H and O–H groups in total. The Morgan fingerprint density at radius 1 is 0.0940 bits per heavy atom. The summed E-state index contributed by atoms with van der Waals surface area (Å²) in [5.74, 6) is 0. The van der Waals surface area contributed by atoms with Gasteiger partial charge in [0, 0.05) is 59.3 Å². The van der Waals surface area contributed by atoms with Crippen LogP contribution in [0.3, 0.4) is 0 Å². The molecule has 0 atom stereocenters. The van der Waals surface area contributed by atoms with E-state index in [1.165, 1.54) is 0 Å². The highest BCUT2D eigenvalue weighted by atomic mass is 15.2. The molecule has 0 aliphatic rings. The second kappa shape index (κ2) is 99.4. The maximum absolute atomic E-state index is 6.31. The highest BCUT2D eigenvalue weighted by molar-refractivity contribution is 4.76. The van der Waals surface area contributed by atoms with E-state index in [0.29, 0.717) is 105 Å². The molecule has 0 aromatic heterocycles. The average Bonchev–Trinajstić information content (AvgIpc) is 0.972. The zero-order valence-electron chi connectivity index (χ0n) is 77.0. The Morgan fingerprint density at radius 2 is 0.154 bits per heavy atom. The van der Waals surface area contributed by atoms with Crippen LogP contribution in [0.4, 0.5) is 0 Å². The fourth-order valence-corrected chi connectivity index (χ4v) is 15.4. The standard InChI is InChI=1S/C81H194N30.3C2H4/c82-27-1-40-98(41-2-28-83)53-14-58-103(59-15-54-99(42-3-29-84)43-4-30-85)63-19-65-105(66-20-64-104(60-16-55-100(44-5-31-86)45-6-32-87)61-17-56-101(46-7-33-88)47-8-34-89)67-21-68-106(70-23-72-108(74-25-77-110(80-96)51-12-38-93)75-26-78-111(81-97)52-13-39-94)69-22-71-107(73-24-76-109(79-95)50-11-37-92)62-18-57-102(48-9-35-90)49-10-36-91;3*1-2/h1-97H2;3*1-2H2. The van der Waals surface area contributed by atoms with Crippen molar-refractivity contribution in [1.82, 2.24) is 68.6 Å². The van der Waals surface area contributed by atoms with Crippen molar-refractivity contribution >= 4 is 0 Å². The summed E-state index contributed by atoms with van der Waals surface area (Å²) in [6, 6.07) is 0. The highest BCUT2D eigenvalue weighted by Gasteiger charge is 2.19. The molecule has 0 fully saturated rings. The summed E-state index contributed by atoms with van der Waals surface area (Å²) in [6.45, 7) is 69.6. The Balaban J connectivity index is -0.0000104. The number of rotatable bonds is 94. The van der Waals surface area contributed by atoms with Crippen LogP contribution in [0.2, 0.25) is 0 Å². The maximum Gasteiger partial charge on any atom is 0.0455 e. The second-order valence-corrected chi connectivity index (χ2v) is 31.6. The molecule has 0 saturated heterocycles. The van der Waals surface area contributed by atoms with Crippen molar-refractivity contribution in [2.45, 2.75) is 167 Å². The van der Waals surface area contributed by atoms with E-state index in [2.05, 4.69) is 108 Å². The predicted molar refractivity (Wildman–Crippen MR) is 514 cm³/mol. The molecule has 0 saturated carbocycles. The molecule has 30 nitrogen and oxygen atoms in total. The quantitative estimate of drug-likeness (QED) is 0.0298. The largest absolute Gasteiger partial charge is 0.330 e. The van der Waals surface area contributed by atoms with Gasteiger partial charge in [0.1, 0.15) is 0 Å². The van der Waals surface area contributed by atoms with E-state index in [0.717, 1.165) is 422 Å². The fourth-order valence-electron chi connectivity index (χ4n) is 15.4. The first-order chi connectivity index (χ1) is 57.5. The van der Waals surface area contributed by atoms with Gasteiger partial charge in [-0.3, -0.25) is 14.7 Å². The molecule has 0 aliphatic carbocycles. The molecule has 0 aliphatic heterocycles. The minimum atomic E-state index is 0.560. The predicted octanol–water partition coefficient (Wildman–Crippen LogP) is 0.975. The van der Waals surface area contributed by atoms with Gasteiger partial charge in [0.05, 0.1) is 0 Å². The van der Waals surface area contributed by atoms with Gasteiger partial charge in [-0.1, -0.05) is 0 Å². The number of hydrogen-bond acceptors (Lipinski definition) is 30. The normalized spacial score (nSPS) is 12.1. The van der Waals surface area contributed by atoms with Gasteiger partial charge in [-0.05, 0) is 468 Å². The number of hydrogen-bond donors (Lipinski definition) is 16. The van der Waals surface area contributed by atoms with Crippen molar-refractivity contribution in [3.63, 3.8) is 0 Å². The van der Waals surface area contributed by atoms with E-state index in [4.69, 9.17) is 91.7 Å². The maximum atomic E-state index is 6.31. The Bertz CT molecular complexity index is 1670. The SMILES string of the molecule is C=C.C=C.C=C.NCCCN(CN)CCCN(CCCN(CN)CCCN)CCCN(CCCN(CCCN(CN)CCCN)CCCN(CCCN)CCCN)CCCN(CCCN(CCCN(CCCN)CCCN)CCCN(CCCN)CCCN)CCCN(CCCN(CCCN)CCCN)CCCN(CCCN)CCCN. The first-order valence-electron chi connectivity index (χ1n) is 47.3. The summed E-state index contributed by atoms with van der Waals surface area (Å²) < 4.78 is 0.